The minimum atomic E-state index is -0.0768. The molecule has 2 heterocycles. The van der Waals surface area contributed by atoms with Crippen LogP contribution in [0.1, 0.15) is 44.2 Å². The lowest BCUT2D eigenvalue weighted by atomic mass is 10.1. The van der Waals surface area contributed by atoms with Crippen LogP contribution in [0.3, 0.4) is 0 Å². The quantitative estimate of drug-likeness (QED) is 0.784. The summed E-state index contributed by atoms with van der Waals surface area (Å²) in [7, 11) is 0. The van der Waals surface area contributed by atoms with E-state index in [1.54, 1.807) is 0 Å². The Labute approximate surface area is 156 Å². The SMILES string of the molecule is CCOc1ccc(C(CNC(=O)NC2CCOCC2)N2CCCC2)cc1. The molecule has 1 aromatic carbocycles. The van der Waals surface area contributed by atoms with Crippen LogP contribution >= 0.6 is 0 Å². The molecule has 0 radical (unpaired) electrons. The van der Waals surface area contributed by atoms with E-state index in [1.807, 2.05) is 19.1 Å². The van der Waals surface area contributed by atoms with Crippen molar-refractivity contribution in [3.63, 3.8) is 0 Å². The van der Waals surface area contributed by atoms with E-state index in [2.05, 4.69) is 27.7 Å². The molecule has 6 nitrogen and oxygen atoms in total. The first-order valence-corrected chi connectivity index (χ1v) is 9.85. The first-order valence-electron chi connectivity index (χ1n) is 9.85. The maximum absolute atomic E-state index is 12.3. The van der Waals surface area contributed by atoms with Crippen molar-refractivity contribution in [1.82, 2.24) is 15.5 Å². The van der Waals surface area contributed by atoms with Crippen LogP contribution in [0, 0.1) is 0 Å². The maximum Gasteiger partial charge on any atom is 0.315 e. The van der Waals surface area contributed by atoms with Crippen LogP contribution in [0.25, 0.3) is 0 Å². The molecule has 1 aromatic rings. The summed E-state index contributed by atoms with van der Waals surface area (Å²) >= 11 is 0. The lowest BCUT2D eigenvalue weighted by molar-refractivity contribution is 0.0800. The fourth-order valence-electron chi connectivity index (χ4n) is 3.73. The predicted molar refractivity (Wildman–Crippen MR) is 102 cm³/mol. The number of carbonyl (C=O) groups is 1. The number of ether oxygens (including phenoxy) is 2. The molecule has 2 aliphatic heterocycles. The minimum Gasteiger partial charge on any atom is -0.494 e. The highest BCUT2D eigenvalue weighted by Crippen LogP contribution is 2.26. The van der Waals surface area contributed by atoms with Crippen LogP contribution in [-0.4, -0.2) is 56.4 Å². The van der Waals surface area contributed by atoms with Gasteiger partial charge in [0.15, 0.2) is 0 Å². The van der Waals surface area contributed by atoms with Gasteiger partial charge in [-0.15, -0.1) is 0 Å². The smallest absolute Gasteiger partial charge is 0.315 e. The Hall–Kier alpha value is -1.79. The average molecular weight is 361 g/mol. The van der Waals surface area contributed by atoms with Crippen LogP contribution in [0.5, 0.6) is 5.75 Å². The Morgan fingerprint density at radius 2 is 1.92 bits per heavy atom. The van der Waals surface area contributed by atoms with Crippen molar-refractivity contribution in [3.05, 3.63) is 29.8 Å². The van der Waals surface area contributed by atoms with Crippen molar-refractivity contribution in [3.8, 4) is 5.75 Å². The first kappa shape index (κ1) is 19.0. The summed E-state index contributed by atoms with van der Waals surface area (Å²) in [5, 5.41) is 6.15. The van der Waals surface area contributed by atoms with E-state index in [1.165, 1.54) is 18.4 Å². The van der Waals surface area contributed by atoms with Gasteiger partial charge in [0.2, 0.25) is 0 Å². The van der Waals surface area contributed by atoms with Crippen LogP contribution in [0.2, 0.25) is 0 Å². The van der Waals surface area contributed by atoms with Crippen LogP contribution < -0.4 is 15.4 Å². The number of hydrogen-bond acceptors (Lipinski definition) is 4. The first-order chi connectivity index (χ1) is 12.8. The molecule has 3 rings (SSSR count). The average Bonchev–Trinajstić information content (AvgIpc) is 3.19. The number of hydrogen-bond donors (Lipinski definition) is 2. The van der Waals surface area contributed by atoms with Gasteiger partial charge >= 0.3 is 6.03 Å². The molecular weight excluding hydrogens is 330 g/mol. The van der Waals surface area contributed by atoms with E-state index in [-0.39, 0.29) is 18.1 Å². The van der Waals surface area contributed by atoms with Gasteiger partial charge in [-0.2, -0.15) is 0 Å². The number of rotatable bonds is 7. The summed E-state index contributed by atoms with van der Waals surface area (Å²) in [6.45, 7) is 6.90. The Bertz CT molecular complexity index is 552. The van der Waals surface area contributed by atoms with Crippen molar-refractivity contribution in [2.75, 3.05) is 39.5 Å². The number of amides is 2. The second-order valence-corrected chi connectivity index (χ2v) is 7.00. The van der Waals surface area contributed by atoms with Crippen molar-refractivity contribution >= 4 is 6.03 Å². The van der Waals surface area contributed by atoms with E-state index in [0.29, 0.717) is 13.2 Å². The molecule has 2 amide bonds. The molecule has 6 heteroatoms. The summed E-state index contributed by atoms with van der Waals surface area (Å²) in [5.74, 6) is 0.890. The number of nitrogens with zero attached hydrogens (tertiary/aromatic N) is 1. The van der Waals surface area contributed by atoms with E-state index in [9.17, 15) is 4.79 Å². The molecule has 0 bridgehead atoms. The molecule has 1 unspecified atom stereocenters. The van der Waals surface area contributed by atoms with Gasteiger partial charge < -0.3 is 20.1 Å². The van der Waals surface area contributed by atoms with Gasteiger partial charge in [-0.1, -0.05) is 12.1 Å². The zero-order valence-corrected chi connectivity index (χ0v) is 15.7. The standard InChI is InChI=1S/C20H31N3O3/c1-2-26-18-7-5-16(6-8-18)19(23-11-3-4-12-23)15-21-20(24)22-17-9-13-25-14-10-17/h5-8,17,19H,2-4,9-15H2,1H3,(H2,21,22,24). The van der Waals surface area contributed by atoms with E-state index >= 15 is 0 Å². The molecule has 2 N–H and O–H groups in total. The number of carbonyl (C=O) groups excluding carboxylic acids is 1. The summed E-state index contributed by atoms with van der Waals surface area (Å²) in [5.41, 5.74) is 1.22. The summed E-state index contributed by atoms with van der Waals surface area (Å²) in [4.78, 5) is 14.8. The third-order valence-electron chi connectivity index (χ3n) is 5.17. The Morgan fingerprint density at radius 3 is 2.58 bits per heavy atom. The highest BCUT2D eigenvalue weighted by atomic mass is 16.5. The van der Waals surface area contributed by atoms with Gasteiger partial charge in [0.1, 0.15) is 5.75 Å². The largest absolute Gasteiger partial charge is 0.494 e. The minimum absolute atomic E-state index is 0.0768. The lowest BCUT2D eigenvalue weighted by Gasteiger charge is -2.29. The number of likely N-dealkylation sites (tertiary alicyclic amines) is 1. The van der Waals surface area contributed by atoms with E-state index in [4.69, 9.17) is 9.47 Å². The molecule has 0 aliphatic carbocycles. The number of nitrogens with one attached hydrogen (secondary N) is 2. The molecule has 2 saturated heterocycles. The van der Waals surface area contributed by atoms with Crippen molar-refractivity contribution in [1.29, 1.82) is 0 Å². The lowest BCUT2D eigenvalue weighted by Crippen LogP contribution is -2.46. The summed E-state index contributed by atoms with van der Waals surface area (Å²) < 4.78 is 10.9. The van der Waals surface area contributed by atoms with E-state index < -0.39 is 0 Å². The van der Waals surface area contributed by atoms with Crippen LogP contribution in [0.4, 0.5) is 4.79 Å². The van der Waals surface area contributed by atoms with Gasteiger partial charge in [0, 0.05) is 25.8 Å². The molecule has 144 valence electrons. The molecule has 2 fully saturated rings. The number of urea groups is 1. The molecule has 0 spiro atoms. The van der Waals surface area contributed by atoms with Gasteiger partial charge in [-0.05, 0) is 63.4 Å². The topological polar surface area (TPSA) is 62.8 Å². The normalized spacial score (nSPS) is 19.9. The fourth-order valence-corrected chi connectivity index (χ4v) is 3.73. The molecule has 0 saturated carbocycles. The molecule has 2 aliphatic rings. The maximum atomic E-state index is 12.3. The van der Waals surface area contributed by atoms with Gasteiger partial charge in [-0.25, -0.2) is 4.79 Å². The second-order valence-electron chi connectivity index (χ2n) is 7.00. The zero-order chi connectivity index (χ0) is 18.2. The third kappa shape index (κ3) is 5.35. The van der Waals surface area contributed by atoms with Crippen molar-refractivity contribution < 1.29 is 14.3 Å². The van der Waals surface area contributed by atoms with Crippen LogP contribution in [-0.2, 0) is 4.74 Å². The Balaban J connectivity index is 1.58. The molecule has 26 heavy (non-hydrogen) atoms. The van der Waals surface area contributed by atoms with Gasteiger partial charge in [0.25, 0.3) is 0 Å². The Morgan fingerprint density at radius 1 is 1.23 bits per heavy atom. The summed E-state index contributed by atoms with van der Waals surface area (Å²) in [6, 6.07) is 8.62. The zero-order valence-electron chi connectivity index (χ0n) is 15.7. The highest BCUT2D eigenvalue weighted by Gasteiger charge is 2.24. The summed E-state index contributed by atoms with van der Waals surface area (Å²) in [6.07, 6.45) is 4.23. The van der Waals surface area contributed by atoms with Gasteiger partial charge in [0.05, 0.1) is 12.6 Å². The predicted octanol–water partition coefficient (Wildman–Crippen LogP) is 2.70. The molecule has 1 atom stereocenters. The van der Waals surface area contributed by atoms with Crippen LogP contribution in [0.15, 0.2) is 24.3 Å². The van der Waals surface area contributed by atoms with Crippen molar-refractivity contribution in [2.45, 2.75) is 44.7 Å². The van der Waals surface area contributed by atoms with E-state index in [0.717, 1.165) is 44.9 Å². The van der Waals surface area contributed by atoms with Crippen molar-refractivity contribution in [2.24, 2.45) is 0 Å². The molecular formula is C20H31N3O3. The molecule has 0 aromatic heterocycles. The second kappa shape index (κ2) is 9.78. The third-order valence-corrected chi connectivity index (χ3v) is 5.17. The fraction of sp³-hybridized carbons (Fsp3) is 0.650. The van der Waals surface area contributed by atoms with Gasteiger partial charge in [-0.3, -0.25) is 4.90 Å². The highest BCUT2D eigenvalue weighted by molar-refractivity contribution is 5.74. The Kier molecular flexibility index (Phi) is 7.14. The number of benzene rings is 1. The monoisotopic (exact) mass is 361 g/mol.